The maximum atomic E-state index is 14.4. The van der Waals surface area contributed by atoms with Gasteiger partial charge in [0, 0.05) is 39.2 Å². The fourth-order valence-electron chi connectivity index (χ4n) is 5.03. The van der Waals surface area contributed by atoms with Crippen LogP contribution in [-0.4, -0.2) is 70.4 Å². The number of halogens is 1. The van der Waals surface area contributed by atoms with E-state index in [1.807, 2.05) is 0 Å². The number of anilines is 1. The standard InChI is InChI=1S/C27H30FN7O5/c1-34(2)27(39)17-6-3-15(4-7-17)11-30-26(38)21-10-20(33-24-18(28)13-31-35(21)24)25(37)29-12-16-5-8-22-19(9-16)32-23(36)14-40-22/h5,8-10,13,15,17H,3-4,6-7,11-12,14H2,1-2H3,(H,29,37)(H,30,38)(H,32,36). The third-order valence-corrected chi connectivity index (χ3v) is 7.21. The van der Waals surface area contributed by atoms with Crippen LogP contribution in [-0.2, 0) is 16.1 Å². The predicted octanol–water partition coefficient (Wildman–Crippen LogP) is 1.75. The normalized spacial score (nSPS) is 18.3. The number of amides is 4. The average molecular weight is 552 g/mol. The van der Waals surface area contributed by atoms with Crippen molar-refractivity contribution in [2.24, 2.45) is 11.8 Å². The Kier molecular flexibility index (Phi) is 7.63. The molecule has 0 atom stereocenters. The molecule has 0 saturated heterocycles. The molecule has 0 radical (unpaired) electrons. The van der Waals surface area contributed by atoms with Crippen LogP contribution in [0.25, 0.3) is 5.65 Å². The van der Waals surface area contributed by atoms with Crippen molar-refractivity contribution in [2.75, 3.05) is 32.6 Å². The molecule has 1 aromatic carbocycles. The van der Waals surface area contributed by atoms with Gasteiger partial charge < -0.3 is 25.6 Å². The molecule has 2 aliphatic rings. The molecule has 210 valence electrons. The monoisotopic (exact) mass is 551 g/mol. The van der Waals surface area contributed by atoms with Crippen LogP contribution in [0.4, 0.5) is 10.1 Å². The zero-order chi connectivity index (χ0) is 28.4. The van der Waals surface area contributed by atoms with Crippen molar-refractivity contribution < 1.29 is 28.3 Å². The molecule has 1 fully saturated rings. The fraction of sp³-hybridized carbons (Fsp3) is 0.407. The minimum atomic E-state index is -0.766. The van der Waals surface area contributed by atoms with Gasteiger partial charge in [-0.2, -0.15) is 5.10 Å². The average Bonchev–Trinajstić information content (AvgIpc) is 3.34. The highest BCUT2D eigenvalue weighted by Gasteiger charge is 2.28. The predicted molar refractivity (Wildman–Crippen MR) is 141 cm³/mol. The van der Waals surface area contributed by atoms with E-state index in [9.17, 15) is 23.6 Å². The van der Waals surface area contributed by atoms with E-state index in [1.54, 1.807) is 37.2 Å². The van der Waals surface area contributed by atoms with E-state index in [0.29, 0.717) is 23.5 Å². The van der Waals surface area contributed by atoms with Crippen molar-refractivity contribution in [2.45, 2.75) is 32.2 Å². The molecule has 5 rings (SSSR count). The lowest BCUT2D eigenvalue weighted by atomic mass is 9.81. The van der Waals surface area contributed by atoms with Gasteiger partial charge in [-0.15, -0.1) is 0 Å². The van der Waals surface area contributed by atoms with Crippen molar-refractivity contribution in [3.05, 3.63) is 53.2 Å². The lowest BCUT2D eigenvalue weighted by Crippen LogP contribution is -2.36. The second-order valence-electron chi connectivity index (χ2n) is 10.3. The summed E-state index contributed by atoms with van der Waals surface area (Å²) in [5, 5.41) is 12.2. The van der Waals surface area contributed by atoms with Crippen LogP contribution in [0.5, 0.6) is 5.75 Å². The Bertz CT molecular complexity index is 1480. The Labute approximate surface area is 229 Å². The first-order valence-corrected chi connectivity index (χ1v) is 13.1. The summed E-state index contributed by atoms with van der Waals surface area (Å²) < 4.78 is 20.8. The molecule has 1 aliphatic heterocycles. The number of rotatable bonds is 7. The lowest BCUT2D eigenvalue weighted by Gasteiger charge is -2.29. The van der Waals surface area contributed by atoms with Crippen molar-refractivity contribution >= 4 is 35.0 Å². The molecule has 12 nitrogen and oxygen atoms in total. The number of ether oxygens (including phenoxy) is 1. The third-order valence-electron chi connectivity index (χ3n) is 7.21. The zero-order valence-corrected chi connectivity index (χ0v) is 22.2. The van der Waals surface area contributed by atoms with Crippen LogP contribution in [0.15, 0.2) is 30.5 Å². The van der Waals surface area contributed by atoms with Crippen molar-refractivity contribution in [1.29, 1.82) is 0 Å². The van der Waals surface area contributed by atoms with Gasteiger partial charge in [0.2, 0.25) is 5.91 Å². The van der Waals surface area contributed by atoms with Crippen LogP contribution in [0, 0.1) is 17.7 Å². The first-order valence-electron chi connectivity index (χ1n) is 13.1. The van der Waals surface area contributed by atoms with Gasteiger partial charge in [-0.1, -0.05) is 6.07 Å². The van der Waals surface area contributed by atoms with Crippen molar-refractivity contribution in [3.8, 4) is 5.75 Å². The minimum Gasteiger partial charge on any atom is -0.482 e. The molecule has 2 aromatic heterocycles. The van der Waals surface area contributed by atoms with Gasteiger partial charge in [0.1, 0.15) is 17.1 Å². The summed E-state index contributed by atoms with van der Waals surface area (Å²) in [6.45, 7) is 0.420. The van der Waals surface area contributed by atoms with Gasteiger partial charge in [0.25, 0.3) is 17.7 Å². The molecule has 1 saturated carbocycles. The molecule has 13 heteroatoms. The quantitative estimate of drug-likeness (QED) is 0.405. The third kappa shape index (κ3) is 5.72. The van der Waals surface area contributed by atoms with E-state index in [1.165, 1.54) is 6.07 Å². The summed E-state index contributed by atoms with van der Waals surface area (Å²) in [7, 11) is 3.50. The summed E-state index contributed by atoms with van der Waals surface area (Å²) >= 11 is 0. The van der Waals surface area contributed by atoms with Gasteiger partial charge >= 0.3 is 0 Å². The summed E-state index contributed by atoms with van der Waals surface area (Å²) in [6, 6.07) is 6.39. The number of benzene rings is 1. The van der Waals surface area contributed by atoms with Crippen LogP contribution >= 0.6 is 0 Å². The molecule has 3 aromatic rings. The van der Waals surface area contributed by atoms with E-state index >= 15 is 0 Å². The number of hydrogen-bond donors (Lipinski definition) is 3. The summed E-state index contributed by atoms with van der Waals surface area (Å²) in [4.78, 5) is 55.6. The molecular weight excluding hydrogens is 521 g/mol. The molecule has 0 unspecified atom stereocenters. The summed E-state index contributed by atoms with van der Waals surface area (Å²) in [5.41, 5.74) is 0.780. The summed E-state index contributed by atoms with van der Waals surface area (Å²) in [6.07, 6.45) is 4.07. The van der Waals surface area contributed by atoms with Gasteiger partial charge in [0.15, 0.2) is 18.1 Å². The molecule has 4 amide bonds. The highest BCUT2D eigenvalue weighted by Crippen LogP contribution is 2.30. The van der Waals surface area contributed by atoms with Crippen LogP contribution in [0.3, 0.4) is 0 Å². The fourth-order valence-corrected chi connectivity index (χ4v) is 5.03. The smallest absolute Gasteiger partial charge is 0.270 e. The van der Waals surface area contributed by atoms with Crippen molar-refractivity contribution in [3.63, 3.8) is 0 Å². The highest BCUT2D eigenvalue weighted by molar-refractivity contribution is 5.98. The maximum Gasteiger partial charge on any atom is 0.270 e. The van der Waals surface area contributed by atoms with E-state index in [4.69, 9.17) is 4.74 Å². The molecule has 1 aliphatic carbocycles. The Morgan fingerprint density at radius 3 is 2.65 bits per heavy atom. The number of aromatic nitrogens is 3. The molecule has 0 bridgehead atoms. The number of carbonyl (C=O) groups excluding carboxylic acids is 4. The minimum absolute atomic E-state index is 0.00304. The number of fused-ring (bicyclic) bond motifs is 2. The Hall–Kier alpha value is -4.55. The number of nitrogens with zero attached hydrogens (tertiary/aromatic N) is 4. The van der Waals surface area contributed by atoms with E-state index in [-0.39, 0.29) is 53.8 Å². The van der Waals surface area contributed by atoms with Crippen LogP contribution < -0.4 is 20.7 Å². The zero-order valence-electron chi connectivity index (χ0n) is 22.2. The molecule has 40 heavy (non-hydrogen) atoms. The summed E-state index contributed by atoms with van der Waals surface area (Å²) in [5.74, 6) is -1.30. The molecule has 0 spiro atoms. The van der Waals surface area contributed by atoms with E-state index in [2.05, 4.69) is 26.0 Å². The van der Waals surface area contributed by atoms with E-state index < -0.39 is 17.6 Å². The number of carbonyl (C=O) groups is 4. The second-order valence-corrected chi connectivity index (χ2v) is 10.3. The van der Waals surface area contributed by atoms with Crippen LogP contribution in [0.1, 0.15) is 52.2 Å². The topological polar surface area (TPSA) is 147 Å². The maximum absolute atomic E-state index is 14.4. The lowest BCUT2D eigenvalue weighted by molar-refractivity contribution is -0.134. The van der Waals surface area contributed by atoms with Gasteiger partial charge in [-0.3, -0.25) is 19.2 Å². The Morgan fingerprint density at radius 2 is 1.90 bits per heavy atom. The van der Waals surface area contributed by atoms with Crippen LogP contribution in [0.2, 0.25) is 0 Å². The van der Waals surface area contributed by atoms with Crippen molar-refractivity contribution in [1.82, 2.24) is 30.1 Å². The Balaban J connectivity index is 1.25. The van der Waals surface area contributed by atoms with Gasteiger partial charge in [-0.05, 0) is 49.3 Å². The number of nitrogens with one attached hydrogen (secondary N) is 3. The first-order chi connectivity index (χ1) is 19.2. The van der Waals surface area contributed by atoms with E-state index in [0.717, 1.165) is 36.4 Å². The largest absolute Gasteiger partial charge is 0.482 e. The molecular formula is C27H30FN7O5. The second kappa shape index (κ2) is 11.3. The molecule has 3 N–H and O–H groups in total. The van der Waals surface area contributed by atoms with Gasteiger partial charge in [-0.25, -0.2) is 13.9 Å². The SMILES string of the molecule is CN(C)C(=O)C1CCC(CNC(=O)c2cc(C(=O)NCc3ccc4c(c3)NC(=O)CO4)nc3c(F)cnn23)CC1. The Morgan fingerprint density at radius 1 is 1.12 bits per heavy atom. The highest BCUT2D eigenvalue weighted by atomic mass is 19.1. The van der Waals surface area contributed by atoms with Gasteiger partial charge in [0.05, 0.1) is 11.9 Å². The number of hydrogen-bond acceptors (Lipinski definition) is 7. The molecule has 3 heterocycles. The first kappa shape index (κ1) is 27.0.